The van der Waals surface area contributed by atoms with Crippen molar-refractivity contribution in [2.24, 2.45) is 0 Å². The molecule has 18 heavy (non-hydrogen) atoms. The molecule has 1 unspecified atom stereocenters. The van der Waals surface area contributed by atoms with Gasteiger partial charge in [0, 0.05) is 10.0 Å². The van der Waals surface area contributed by atoms with E-state index in [4.69, 9.17) is 9.47 Å². The average molecular weight is 313 g/mol. The number of ether oxygens (including phenoxy) is 2. The Morgan fingerprint density at radius 3 is 2.67 bits per heavy atom. The summed E-state index contributed by atoms with van der Waals surface area (Å²) < 4.78 is 11.1. The summed E-state index contributed by atoms with van der Waals surface area (Å²) in [6, 6.07) is 5.07. The van der Waals surface area contributed by atoms with Crippen molar-refractivity contribution in [1.29, 1.82) is 0 Å². The van der Waals surface area contributed by atoms with Gasteiger partial charge in [0.2, 0.25) is 6.10 Å². The van der Waals surface area contributed by atoms with Gasteiger partial charge in [0.1, 0.15) is 5.60 Å². The highest BCUT2D eigenvalue weighted by Crippen LogP contribution is 2.34. The van der Waals surface area contributed by atoms with Gasteiger partial charge in [0.25, 0.3) is 0 Å². The summed E-state index contributed by atoms with van der Waals surface area (Å²) in [5.41, 5.74) is 0.343. The van der Waals surface area contributed by atoms with Crippen LogP contribution in [-0.2, 0) is 14.3 Å². The largest absolute Gasteiger partial charge is 0.457 e. The van der Waals surface area contributed by atoms with Gasteiger partial charge in [-0.05, 0) is 39.0 Å². The third kappa shape index (κ3) is 2.56. The monoisotopic (exact) mass is 312 g/mol. The second-order valence-corrected chi connectivity index (χ2v) is 5.97. The smallest absolute Gasteiger partial charge is 0.352 e. The van der Waals surface area contributed by atoms with Crippen LogP contribution in [-0.4, -0.2) is 17.5 Å². The zero-order valence-corrected chi connectivity index (χ0v) is 11.9. The number of rotatable bonds is 1. The van der Waals surface area contributed by atoms with Gasteiger partial charge in [-0.2, -0.15) is 0 Å². The van der Waals surface area contributed by atoms with Crippen molar-refractivity contribution in [3.63, 3.8) is 0 Å². The van der Waals surface area contributed by atoms with Crippen molar-refractivity contribution >= 4 is 27.9 Å². The van der Waals surface area contributed by atoms with E-state index in [-0.39, 0.29) is 0 Å². The minimum atomic E-state index is -0.968. The number of halogens is 1. The number of hydrogen-bond acceptors (Lipinski definition) is 4. The normalized spacial score (nSPS) is 18.2. The fraction of sp³-hybridized carbons (Fsp3) is 0.385. The topological polar surface area (TPSA) is 52.6 Å². The maximum absolute atomic E-state index is 12.0. The molecule has 0 radical (unpaired) electrons. The van der Waals surface area contributed by atoms with Gasteiger partial charge in [-0.15, -0.1) is 0 Å². The summed E-state index contributed by atoms with van der Waals surface area (Å²) >= 11 is 3.30. The lowest BCUT2D eigenvalue weighted by Gasteiger charge is -2.21. The molecular formula is C13H13BrO4. The molecule has 0 aromatic heterocycles. The first-order valence-corrected chi connectivity index (χ1v) is 6.30. The van der Waals surface area contributed by atoms with Crippen molar-refractivity contribution in [1.82, 2.24) is 0 Å². The predicted molar refractivity (Wildman–Crippen MR) is 68.1 cm³/mol. The number of fused-ring (bicyclic) bond motifs is 1. The maximum Gasteiger partial charge on any atom is 0.352 e. The number of esters is 2. The van der Waals surface area contributed by atoms with Gasteiger partial charge in [0.15, 0.2) is 0 Å². The molecule has 1 aliphatic rings. The Kier molecular flexibility index (Phi) is 3.19. The van der Waals surface area contributed by atoms with Crippen molar-refractivity contribution in [2.75, 3.05) is 0 Å². The number of cyclic esters (lactones) is 1. The van der Waals surface area contributed by atoms with Gasteiger partial charge in [0.05, 0.1) is 5.56 Å². The Hall–Kier alpha value is -1.36. The van der Waals surface area contributed by atoms with Gasteiger partial charge in [-0.1, -0.05) is 15.9 Å². The molecule has 0 saturated heterocycles. The van der Waals surface area contributed by atoms with Crippen LogP contribution in [0.15, 0.2) is 22.7 Å². The number of carbonyl (C=O) groups is 2. The van der Waals surface area contributed by atoms with Crippen LogP contribution in [0, 0.1) is 0 Å². The van der Waals surface area contributed by atoms with Crippen LogP contribution < -0.4 is 0 Å². The average Bonchev–Trinajstić information content (AvgIpc) is 2.53. The third-order valence-electron chi connectivity index (χ3n) is 2.36. The molecule has 4 nitrogen and oxygen atoms in total. The molecule has 5 heteroatoms. The Balaban J connectivity index is 2.31. The Labute approximate surface area is 113 Å². The van der Waals surface area contributed by atoms with Crippen LogP contribution in [0.3, 0.4) is 0 Å². The summed E-state index contributed by atoms with van der Waals surface area (Å²) in [5, 5.41) is 0. The SMILES string of the molecule is CC(C)(C)OC(=O)C1OC(=O)c2ccc(Br)cc21. The van der Waals surface area contributed by atoms with Crippen LogP contribution in [0.2, 0.25) is 0 Å². The minimum Gasteiger partial charge on any atom is -0.457 e. The van der Waals surface area contributed by atoms with E-state index in [2.05, 4.69) is 15.9 Å². The number of benzene rings is 1. The molecule has 2 rings (SSSR count). The second kappa shape index (κ2) is 4.39. The van der Waals surface area contributed by atoms with Crippen molar-refractivity contribution in [3.05, 3.63) is 33.8 Å². The molecule has 0 spiro atoms. The van der Waals surface area contributed by atoms with E-state index in [1.165, 1.54) is 0 Å². The molecule has 1 atom stereocenters. The lowest BCUT2D eigenvalue weighted by molar-refractivity contribution is -0.165. The van der Waals surface area contributed by atoms with Gasteiger partial charge in [-0.25, -0.2) is 9.59 Å². The molecule has 0 aliphatic carbocycles. The summed E-state index contributed by atoms with van der Waals surface area (Å²) in [6.45, 7) is 5.30. The first-order valence-electron chi connectivity index (χ1n) is 5.51. The summed E-state index contributed by atoms with van der Waals surface area (Å²) in [6.07, 6.45) is -0.968. The van der Waals surface area contributed by atoms with E-state index in [0.29, 0.717) is 11.1 Å². The Bertz CT molecular complexity index is 516. The minimum absolute atomic E-state index is 0.411. The standard InChI is InChI=1S/C13H13BrO4/c1-13(2,3)18-12(16)10-9-6-7(14)4-5-8(9)11(15)17-10/h4-6,10H,1-3H3. The number of hydrogen-bond donors (Lipinski definition) is 0. The van der Waals surface area contributed by atoms with Crippen molar-refractivity contribution in [3.8, 4) is 0 Å². The second-order valence-electron chi connectivity index (χ2n) is 5.05. The molecule has 1 aliphatic heterocycles. The maximum atomic E-state index is 12.0. The lowest BCUT2D eigenvalue weighted by atomic mass is 10.1. The molecule has 0 fully saturated rings. The van der Waals surface area contributed by atoms with Gasteiger partial charge >= 0.3 is 11.9 Å². The van der Waals surface area contributed by atoms with E-state index in [1.54, 1.807) is 39.0 Å². The molecule has 96 valence electrons. The molecule has 0 saturated carbocycles. The molecular weight excluding hydrogens is 300 g/mol. The molecule has 0 amide bonds. The zero-order valence-electron chi connectivity index (χ0n) is 10.3. The fourth-order valence-electron chi connectivity index (χ4n) is 1.70. The highest BCUT2D eigenvalue weighted by molar-refractivity contribution is 9.10. The van der Waals surface area contributed by atoms with E-state index >= 15 is 0 Å². The highest BCUT2D eigenvalue weighted by Gasteiger charge is 2.38. The Morgan fingerprint density at radius 2 is 2.06 bits per heavy atom. The first kappa shape index (κ1) is 13.1. The predicted octanol–water partition coefficient (Wildman–Crippen LogP) is 3.00. The number of carbonyl (C=O) groups excluding carboxylic acids is 2. The van der Waals surface area contributed by atoms with E-state index in [9.17, 15) is 9.59 Å². The van der Waals surface area contributed by atoms with Crippen molar-refractivity contribution in [2.45, 2.75) is 32.5 Å². The highest BCUT2D eigenvalue weighted by atomic mass is 79.9. The third-order valence-corrected chi connectivity index (χ3v) is 2.85. The molecule has 0 bridgehead atoms. The first-order chi connectivity index (χ1) is 8.28. The molecule has 1 aromatic rings. The van der Waals surface area contributed by atoms with Crippen LogP contribution in [0.5, 0.6) is 0 Å². The lowest BCUT2D eigenvalue weighted by Crippen LogP contribution is -2.27. The van der Waals surface area contributed by atoms with Gasteiger partial charge < -0.3 is 9.47 Å². The molecule has 0 N–H and O–H groups in total. The van der Waals surface area contributed by atoms with Crippen molar-refractivity contribution < 1.29 is 19.1 Å². The van der Waals surface area contributed by atoms with Crippen LogP contribution in [0.25, 0.3) is 0 Å². The zero-order chi connectivity index (χ0) is 13.5. The molecule has 1 heterocycles. The molecule has 1 aromatic carbocycles. The van der Waals surface area contributed by atoms with Crippen LogP contribution >= 0.6 is 15.9 Å². The van der Waals surface area contributed by atoms with E-state index < -0.39 is 23.6 Å². The summed E-state index contributed by atoms with van der Waals surface area (Å²) in [4.78, 5) is 23.6. The van der Waals surface area contributed by atoms with E-state index in [1.807, 2.05) is 0 Å². The summed E-state index contributed by atoms with van der Waals surface area (Å²) in [7, 11) is 0. The van der Waals surface area contributed by atoms with Gasteiger partial charge in [-0.3, -0.25) is 0 Å². The Morgan fingerprint density at radius 1 is 1.39 bits per heavy atom. The fourth-order valence-corrected chi connectivity index (χ4v) is 2.08. The quantitative estimate of drug-likeness (QED) is 0.748. The van der Waals surface area contributed by atoms with Crippen LogP contribution in [0.4, 0.5) is 0 Å². The summed E-state index contributed by atoms with van der Waals surface area (Å²) in [5.74, 6) is -1.04. The van der Waals surface area contributed by atoms with Crippen LogP contribution in [0.1, 0.15) is 42.8 Å². The van der Waals surface area contributed by atoms with E-state index in [0.717, 1.165) is 4.47 Å².